The molecule has 7 heteroatoms. The lowest BCUT2D eigenvalue weighted by Crippen LogP contribution is -2.36. The summed E-state index contributed by atoms with van der Waals surface area (Å²) in [7, 11) is 4.98. The number of rotatable bonds is 10. The van der Waals surface area contributed by atoms with Crippen LogP contribution >= 0.6 is 0 Å². The van der Waals surface area contributed by atoms with Crippen LogP contribution in [0.5, 0.6) is 17.2 Å². The lowest BCUT2D eigenvalue weighted by atomic mass is 9.96. The Morgan fingerprint density at radius 2 is 1.66 bits per heavy atom. The van der Waals surface area contributed by atoms with Gasteiger partial charge in [0.25, 0.3) is 0 Å². The average Bonchev–Trinajstić information content (AvgIpc) is 2.84. The van der Waals surface area contributed by atoms with Crippen molar-refractivity contribution in [1.82, 2.24) is 10.2 Å². The van der Waals surface area contributed by atoms with E-state index in [1.165, 1.54) is 5.56 Å². The van der Waals surface area contributed by atoms with Gasteiger partial charge in [-0.1, -0.05) is 18.2 Å². The van der Waals surface area contributed by atoms with E-state index in [2.05, 4.69) is 27.3 Å². The van der Waals surface area contributed by atoms with Crippen LogP contribution in [0.25, 0.3) is 0 Å². The van der Waals surface area contributed by atoms with Gasteiger partial charge in [-0.05, 0) is 73.7 Å². The van der Waals surface area contributed by atoms with Gasteiger partial charge in [0, 0.05) is 19.6 Å². The number of likely N-dealkylation sites (tertiary alicyclic amines) is 1. The minimum Gasteiger partial charge on any atom is -0.497 e. The van der Waals surface area contributed by atoms with E-state index in [0.717, 1.165) is 74.8 Å². The number of hydrogen-bond donors (Lipinski definition) is 2. The van der Waals surface area contributed by atoms with Gasteiger partial charge in [0.15, 0.2) is 17.5 Å². The van der Waals surface area contributed by atoms with Crippen molar-refractivity contribution >= 4 is 5.96 Å². The Balaban J connectivity index is 1.35. The molecule has 0 aliphatic carbocycles. The van der Waals surface area contributed by atoms with Crippen molar-refractivity contribution in [1.29, 1.82) is 0 Å². The van der Waals surface area contributed by atoms with Crippen molar-refractivity contribution in [3.05, 3.63) is 53.6 Å². The molecule has 0 bridgehead atoms. The highest BCUT2D eigenvalue weighted by molar-refractivity contribution is 5.77. The Labute approximate surface area is 191 Å². The van der Waals surface area contributed by atoms with Gasteiger partial charge in [-0.15, -0.1) is 0 Å². The van der Waals surface area contributed by atoms with Crippen molar-refractivity contribution < 1.29 is 14.2 Å². The zero-order valence-electron chi connectivity index (χ0n) is 19.5. The summed E-state index contributed by atoms with van der Waals surface area (Å²) >= 11 is 0. The maximum Gasteiger partial charge on any atom is 0.188 e. The number of hydrogen-bond acceptors (Lipinski definition) is 5. The van der Waals surface area contributed by atoms with E-state index in [9.17, 15) is 0 Å². The van der Waals surface area contributed by atoms with Crippen molar-refractivity contribution in [2.24, 2.45) is 16.6 Å². The lowest BCUT2D eigenvalue weighted by Gasteiger charge is -2.31. The minimum absolute atomic E-state index is 0.520. The fraction of sp³-hybridized carbons (Fsp3) is 0.480. The van der Waals surface area contributed by atoms with Gasteiger partial charge in [0.2, 0.25) is 0 Å². The zero-order chi connectivity index (χ0) is 22.8. The Hall–Kier alpha value is -2.93. The van der Waals surface area contributed by atoms with Crippen LogP contribution in [0, 0.1) is 5.92 Å². The van der Waals surface area contributed by atoms with Crippen LogP contribution in [0.15, 0.2) is 47.5 Å². The first kappa shape index (κ1) is 23.7. The summed E-state index contributed by atoms with van der Waals surface area (Å²) in [6.07, 6.45) is 3.14. The van der Waals surface area contributed by atoms with Gasteiger partial charge in [-0.25, -0.2) is 0 Å². The van der Waals surface area contributed by atoms with E-state index in [4.69, 9.17) is 19.9 Å². The topological polar surface area (TPSA) is 81.3 Å². The number of benzene rings is 2. The summed E-state index contributed by atoms with van der Waals surface area (Å²) in [5.41, 5.74) is 8.57. The van der Waals surface area contributed by atoms with Crippen LogP contribution in [-0.4, -0.2) is 58.4 Å². The van der Waals surface area contributed by atoms with Gasteiger partial charge in [-0.3, -0.25) is 9.89 Å². The van der Waals surface area contributed by atoms with E-state index in [-0.39, 0.29) is 0 Å². The third kappa shape index (κ3) is 7.05. The molecule has 0 unspecified atom stereocenters. The maximum absolute atomic E-state index is 6.08. The normalized spacial score (nSPS) is 15.4. The number of piperidine rings is 1. The molecule has 1 aliphatic rings. The molecule has 2 aromatic carbocycles. The standard InChI is InChI=1S/C25H36N4O3/c1-30-22-7-4-21(5-8-22)18-29-14-11-20(12-15-29)17-28-25(26)27-13-10-19-6-9-23(31-2)24(16-19)32-3/h4-9,16,20H,10-15,17-18H2,1-3H3,(H3,26,27,28). The number of nitrogens with zero attached hydrogens (tertiary/aromatic N) is 2. The molecule has 0 amide bonds. The SMILES string of the molecule is COc1ccc(CN2CCC(CN=C(N)NCCc3ccc(OC)c(OC)c3)CC2)cc1. The van der Waals surface area contributed by atoms with Crippen LogP contribution in [0.2, 0.25) is 0 Å². The Morgan fingerprint density at radius 1 is 0.969 bits per heavy atom. The third-order valence-corrected chi connectivity index (χ3v) is 5.96. The fourth-order valence-electron chi connectivity index (χ4n) is 3.97. The number of nitrogens with one attached hydrogen (secondary N) is 1. The number of nitrogens with two attached hydrogens (primary N) is 1. The number of methoxy groups -OCH3 is 3. The molecule has 2 aromatic rings. The third-order valence-electron chi connectivity index (χ3n) is 5.96. The van der Waals surface area contributed by atoms with Crippen molar-refractivity contribution in [3.8, 4) is 17.2 Å². The summed E-state index contributed by atoms with van der Waals surface area (Å²) in [4.78, 5) is 7.08. The summed E-state index contributed by atoms with van der Waals surface area (Å²) < 4.78 is 15.9. The first-order valence-electron chi connectivity index (χ1n) is 11.2. The Bertz CT molecular complexity index is 862. The molecule has 0 saturated carbocycles. The van der Waals surface area contributed by atoms with Crippen molar-refractivity contribution in [2.75, 3.05) is 47.5 Å². The lowest BCUT2D eigenvalue weighted by molar-refractivity contribution is 0.180. The van der Waals surface area contributed by atoms with Crippen molar-refractivity contribution in [2.45, 2.75) is 25.8 Å². The highest BCUT2D eigenvalue weighted by atomic mass is 16.5. The van der Waals surface area contributed by atoms with Gasteiger partial charge in [-0.2, -0.15) is 0 Å². The second-order valence-corrected chi connectivity index (χ2v) is 8.16. The minimum atomic E-state index is 0.520. The largest absolute Gasteiger partial charge is 0.497 e. The van der Waals surface area contributed by atoms with Gasteiger partial charge < -0.3 is 25.3 Å². The molecule has 3 N–H and O–H groups in total. The van der Waals surface area contributed by atoms with Crippen LogP contribution < -0.4 is 25.3 Å². The molecule has 0 radical (unpaired) electrons. The van der Waals surface area contributed by atoms with Crippen LogP contribution in [-0.2, 0) is 13.0 Å². The number of guanidine groups is 1. The molecule has 174 valence electrons. The first-order chi connectivity index (χ1) is 15.6. The van der Waals surface area contributed by atoms with Gasteiger partial charge in [0.1, 0.15) is 5.75 Å². The molecule has 0 aromatic heterocycles. The predicted octanol–water partition coefficient (Wildman–Crippen LogP) is 3.07. The number of aliphatic imine (C=N–C) groups is 1. The van der Waals surface area contributed by atoms with Gasteiger partial charge in [0.05, 0.1) is 21.3 Å². The van der Waals surface area contributed by atoms with E-state index < -0.39 is 0 Å². The quantitative estimate of drug-likeness (QED) is 0.437. The van der Waals surface area contributed by atoms with Crippen LogP contribution in [0.1, 0.15) is 24.0 Å². The molecule has 1 aliphatic heterocycles. The van der Waals surface area contributed by atoms with E-state index >= 15 is 0 Å². The monoisotopic (exact) mass is 440 g/mol. The van der Waals surface area contributed by atoms with Crippen LogP contribution in [0.4, 0.5) is 0 Å². The zero-order valence-corrected chi connectivity index (χ0v) is 19.5. The molecule has 1 fully saturated rings. The summed E-state index contributed by atoms with van der Waals surface area (Å²) in [5.74, 6) is 3.49. The molecule has 3 rings (SSSR count). The predicted molar refractivity (Wildman–Crippen MR) is 129 cm³/mol. The Kier molecular flexibility index (Phi) is 9.04. The number of ether oxygens (including phenoxy) is 3. The molecular weight excluding hydrogens is 404 g/mol. The fourth-order valence-corrected chi connectivity index (χ4v) is 3.97. The molecule has 7 nitrogen and oxygen atoms in total. The maximum atomic E-state index is 6.08. The second kappa shape index (κ2) is 12.2. The molecule has 1 saturated heterocycles. The highest BCUT2D eigenvalue weighted by Gasteiger charge is 2.19. The van der Waals surface area contributed by atoms with Gasteiger partial charge >= 0.3 is 0 Å². The molecule has 0 atom stereocenters. The second-order valence-electron chi connectivity index (χ2n) is 8.16. The summed E-state index contributed by atoms with van der Waals surface area (Å²) in [6.45, 7) is 4.69. The van der Waals surface area contributed by atoms with Crippen LogP contribution in [0.3, 0.4) is 0 Å². The van der Waals surface area contributed by atoms with E-state index in [0.29, 0.717) is 11.9 Å². The first-order valence-corrected chi connectivity index (χ1v) is 11.2. The summed E-state index contributed by atoms with van der Waals surface area (Å²) in [5, 5.41) is 3.22. The molecule has 0 spiro atoms. The molecule has 1 heterocycles. The highest BCUT2D eigenvalue weighted by Crippen LogP contribution is 2.27. The Morgan fingerprint density at radius 3 is 2.31 bits per heavy atom. The van der Waals surface area contributed by atoms with Crippen molar-refractivity contribution in [3.63, 3.8) is 0 Å². The summed E-state index contributed by atoms with van der Waals surface area (Å²) in [6, 6.07) is 14.3. The van der Waals surface area contributed by atoms with E-state index in [1.54, 1.807) is 21.3 Å². The molecular formula is C25H36N4O3. The van der Waals surface area contributed by atoms with E-state index in [1.807, 2.05) is 30.3 Å². The molecule has 32 heavy (non-hydrogen) atoms. The smallest absolute Gasteiger partial charge is 0.188 e. The average molecular weight is 441 g/mol.